The molecule has 0 aliphatic heterocycles. The number of unbranched alkanes of at least 4 members (excludes halogenated alkanes) is 1. The molecule has 108 valence electrons. The number of aryl methyl sites for hydroxylation is 1. The molecule has 1 rings (SSSR count). The van der Waals surface area contributed by atoms with E-state index in [0.717, 1.165) is 17.7 Å². The van der Waals surface area contributed by atoms with Crippen LogP contribution in [0.4, 0.5) is 5.69 Å². The molecule has 0 amide bonds. The Morgan fingerprint density at radius 2 is 2.00 bits per heavy atom. The van der Waals surface area contributed by atoms with Gasteiger partial charge in [-0.3, -0.25) is 4.72 Å². The van der Waals surface area contributed by atoms with Crippen LogP contribution in [0.5, 0.6) is 5.75 Å². The summed E-state index contributed by atoms with van der Waals surface area (Å²) in [7, 11) is -3.24. The average molecular weight is 285 g/mol. The molecule has 0 bridgehead atoms. The highest BCUT2D eigenvalue weighted by atomic mass is 32.2. The Balaban J connectivity index is 2.78. The number of rotatable bonds is 7. The van der Waals surface area contributed by atoms with Gasteiger partial charge in [-0.2, -0.15) is 0 Å². The standard InChI is InChI=1S/C14H23NO3S/c1-5-6-9-19(16,17)15-13-7-8-14(12(4)10-13)18-11(2)3/h7-8,10-11,15H,5-6,9H2,1-4H3. The normalized spacial score (nSPS) is 11.6. The molecule has 0 unspecified atom stereocenters. The maximum absolute atomic E-state index is 11.8. The number of ether oxygens (including phenoxy) is 1. The summed E-state index contributed by atoms with van der Waals surface area (Å²) in [6, 6.07) is 5.32. The summed E-state index contributed by atoms with van der Waals surface area (Å²) < 4.78 is 31.8. The predicted octanol–water partition coefficient (Wildman–Crippen LogP) is 3.32. The molecule has 0 heterocycles. The fourth-order valence-corrected chi connectivity index (χ4v) is 2.92. The van der Waals surface area contributed by atoms with Gasteiger partial charge in [-0.15, -0.1) is 0 Å². The SMILES string of the molecule is CCCCS(=O)(=O)Nc1ccc(OC(C)C)c(C)c1. The lowest BCUT2D eigenvalue weighted by atomic mass is 10.2. The minimum absolute atomic E-state index is 0.103. The highest BCUT2D eigenvalue weighted by Crippen LogP contribution is 2.23. The third kappa shape index (κ3) is 5.51. The molecule has 1 aromatic rings. The van der Waals surface area contributed by atoms with Gasteiger partial charge in [0.15, 0.2) is 0 Å². The summed E-state index contributed by atoms with van der Waals surface area (Å²) in [5.41, 5.74) is 1.51. The Bertz CT molecular complexity index is 509. The van der Waals surface area contributed by atoms with Gasteiger partial charge in [0.1, 0.15) is 5.75 Å². The van der Waals surface area contributed by atoms with Crippen molar-refractivity contribution in [2.75, 3.05) is 10.5 Å². The maximum atomic E-state index is 11.8. The van der Waals surface area contributed by atoms with Crippen molar-refractivity contribution in [1.29, 1.82) is 0 Å². The Kier molecular flexibility index (Phi) is 5.66. The van der Waals surface area contributed by atoms with Crippen LogP contribution in [0.25, 0.3) is 0 Å². The van der Waals surface area contributed by atoms with Crippen molar-refractivity contribution in [2.24, 2.45) is 0 Å². The molecule has 0 radical (unpaired) electrons. The lowest BCUT2D eigenvalue weighted by Gasteiger charge is -2.14. The second kappa shape index (κ2) is 6.80. The quantitative estimate of drug-likeness (QED) is 0.836. The zero-order valence-electron chi connectivity index (χ0n) is 12.1. The Morgan fingerprint density at radius 1 is 1.32 bits per heavy atom. The van der Waals surface area contributed by atoms with Crippen LogP contribution in [0.1, 0.15) is 39.2 Å². The minimum atomic E-state index is -3.24. The molecular weight excluding hydrogens is 262 g/mol. The van der Waals surface area contributed by atoms with Crippen LogP contribution in [-0.4, -0.2) is 20.3 Å². The summed E-state index contributed by atoms with van der Waals surface area (Å²) in [6.45, 7) is 7.79. The van der Waals surface area contributed by atoms with E-state index < -0.39 is 10.0 Å². The Labute approximate surface area is 116 Å². The fourth-order valence-electron chi connectivity index (χ4n) is 1.66. The summed E-state index contributed by atoms with van der Waals surface area (Å²) in [5, 5.41) is 0. The molecule has 1 aromatic carbocycles. The predicted molar refractivity (Wildman–Crippen MR) is 79.3 cm³/mol. The summed E-state index contributed by atoms with van der Waals surface area (Å²) in [6.07, 6.45) is 1.63. The highest BCUT2D eigenvalue weighted by Gasteiger charge is 2.11. The van der Waals surface area contributed by atoms with Gasteiger partial charge in [-0.1, -0.05) is 13.3 Å². The van der Waals surface area contributed by atoms with Crippen LogP contribution in [0.15, 0.2) is 18.2 Å². The minimum Gasteiger partial charge on any atom is -0.491 e. The summed E-state index contributed by atoms with van der Waals surface area (Å²) >= 11 is 0. The molecule has 0 atom stereocenters. The highest BCUT2D eigenvalue weighted by molar-refractivity contribution is 7.92. The zero-order valence-corrected chi connectivity index (χ0v) is 12.9. The molecule has 0 aromatic heterocycles. The second-order valence-corrected chi connectivity index (χ2v) is 6.76. The van der Waals surface area contributed by atoms with E-state index in [1.165, 1.54) is 0 Å². The zero-order chi connectivity index (χ0) is 14.5. The van der Waals surface area contributed by atoms with Gasteiger partial charge >= 0.3 is 0 Å². The van der Waals surface area contributed by atoms with E-state index in [4.69, 9.17) is 4.74 Å². The van der Waals surface area contributed by atoms with E-state index >= 15 is 0 Å². The first-order valence-electron chi connectivity index (χ1n) is 6.62. The summed E-state index contributed by atoms with van der Waals surface area (Å²) in [5.74, 6) is 0.943. The molecule has 0 aliphatic carbocycles. The Morgan fingerprint density at radius 3 is 2.53 bits per heavy atom. The van der Waals surface area contributed by atoms with Crippen LogP contribution >= 0.6 is 0 Å². The molecular formula is C14H23NO3S. The third-order valence-corrected chi connectivity index (χ3v) is 3.95. The number of nitrogens with one attached hydrogen (secondary N) is 1. The number of anilines is 1. The number of hydrogen-bond acceptors (Lipinski definition) is 3. The van der Waals surface area contributed by atoms with Gasteiger partial charge in [-0.05, 0) is 51.0 Å². The van der Waals surface area contributed by atoms with Crippen molar-refractivity contribution in [3.05, 3.63) is 23.8 Å². The number of benzene rings is 1. The molecule has 19 heavy (non-hydrogen) atoms. The van der Waals surface area contributed by atoms with Gasteiger partial charge in [0.25, 0.3) is 0 Å². The lowest BCUT2D eigenvalue weighted by Crippen LogP contribution is -2.16. The van der Waals surface area contributed by atoms with Crippen molar-refractivity contribution in [2.45, 2.75) is 46.6 Å². The van der Waals surface area contributed by atoms with Crippen molar-refractivity contribution in [3.63, 3.8) is 0 Å². The van der Waals surface area contributed by atoms with E-state index in [-0.39, 0.29) is 11.9 Å². The van der Waals surface area contributed by atoms with Crippen molar-refractivity contribution in [1.82, 2.24) is 0 Å². The molecule has 0 saturated heterocycles. The van der Waals surface area contributed by atoms with Crippen LogP contribution in [0.3, 0.4) is 0 Å². The Hall–Kier alpha value is -1.23. The van der Waals surface area contributed by atoms with Crippen LogP contribution in [0.2, 0.25) is 0 Å². The largest absolute Gasteiger partial charge is 0.491 e. The number of hydrogen-bond donors (Lipinski definition) is 1. The first-order valence-corrected chi connectivity index (χ1v) is 8.27. The van der Waals surface area contributed by atoms with Crippen LogP contribution in [-0.2, 0) is 10.0 Å². The number of sulfonamides is 1. The lowest BCUT2D eigenvalue weighted by molar-refractivity contribution is 0.241. The first kappa shape index (κ1) is 15.8. The second-order valence-electron chi connectivity index (χ2n) is 4.92. The molecule has 0 aliphatic rings. The van der Waals surface area contributed by atoms with Crippen LogP contribution < -0.4 is 9.46 Å². The van der Waals surface area contributed by atoms with Gasteiger partial charge < -0.3 is 4.74 Å². The molecule has 0 spiro atoms. The van der Waals surface area contributed by atoms with Crippen LogP contribution in [0, 0.1) is 6.92 Å². The molecule has 5 heteroatoms. The van der Waals surface area contributed by atoms with Crippen molar-refractivity contribution < 1.29 is 13.2 Å². The maximum Gasteiger partial charge on any atom is 0.232 e. The molecule has 1 N–H and O–H groups in total. The van der Waals surface area contributed by atoms with Gasteiger partial charge in [0.05, 0.1) is 11.9 Å². The monoisotopic (exact) mass is 285 g/mol. The van der Waals surface area contributed by atoms with Crippen molar-refractivity contribution >= 4 is 15.7 Å². The summed E-state index contributed by atoms with van der Waals surface area (Å²) in [4.78, 5) is 0. The molecule has 0 saturated carbocycles. The van der Waals surface area contributed by atoms with E-state index in [1.807, 2.05) is 27.7 Å². The van der Waals surface area contributed by atoms with E-state index in [1.54, 1.807) is 18.2 Å². The topological polar surface area (TPSA) is 55.4 Å². The van der Waals surface area contributed by atoms with E-state index in [9.17, 15) is 8.42 Å². The fraction of sp³-hybridized carbons (Fsp3) is 0.571. The van der Waals surface area contributed by atoms with Crippen molar-refractivity contribution in [3.8, 4) is 5.75 Å². The molecule has 4 nitrogen and oxygen atoms in total. The smallest absolute Gasteiger partial charge is 0.232 e. The third-order valence-electron chi connectivity index (χ3n) is 2.58. The van der Waals surface area contributed by atoms with Gasteiger partial charge in [0, 0.05) is 5.69 Å². The van der Waals surface area contributed by atoms with Gasteiger partial charge in [0.2, 0.25) is 10.0 Å². The first-order chi connectivity index (χ1) is 8.84. The van der Waals surface area contributed by atoms with Gasteiger partial charge in [-0.25, -0.2) is 8.42 Å². The van der Waals surface area contributed by atoms with E-state index in [0.29, 0.717) is 12.1 Å². The molecule has 0 fully saturated rings. The average Bonchev–Trinajstić information content (AvgIpc) is 2.29. The van der Waals surface area contributed by atoms with E-state index in [2.05, 4.69) is 4.72 Å².